The Morgan fingerprint density at radius 2 is 1.93 bits per heavy atom. The summed E-state index contributed by atoms with van der Waals surface area (Å²) in [7, 11) is 1.35. The van der Waals surface area contributed by atoms with Crippen molar-refractivity contribution in [1.29, 1.82) is 0 Å². The van der Waals surface area contributed by atoms with Crippen molar-refractivity contribution in [3.63, 3.8) is 0 Å². The Morgan fingerprint density at radius 3 is 2.64 bits per heavy atom. The molecule has 1 aliphatic rings. The van der Waals surface area contributed by atoms with Crippen LogP contribution < -0.4 is 15.4 Å². The zero-order chi connectivity index (χ0) is 20.1. The van der Waals surface area contributed by atoms with Gasteiger partial charge in [-0.25, -0.2) is 4.79 Å². The summed E-state index contributed by atoms with van der Waals surface area (Å²) in [5, 5.41) is 6.81. The largest absolute Gasteiger partial charge is 0.484 e. The predicted molar refractivity (Wildman–Crippen MR) is 114 cm³/mol. The van der Waals surface area contributed by atoms with E-state index in [4.69, 9.17) is 33.3 Å². The number of amides is 1. The lowest BCUT2D eigenvalue weighted by atomic mass is 9.95. The van der Waals surface area contributed by atoms with E-state index in [1.165, 1.54) is 18.4 Å². The molecule has 0 atom stereocenters. The number of benzene rings is 1. The molecule has 1 aliphatic carbocycles. The molecule has 0 radical (unpaired) electrons. The van der Waals surface area contributed by atoms with E-state index < -0.39 is 11.9 Å². The summed E-state index contributed by atoms with van der Waals surface area (Å²) in [5.74, 6) is -0.284. The van der Waals surface area contributed by atoms with Crippen LogP contribution in [-0.4, -0.2) is 30.7 Å². The highest BCUT2D eigenvalue weighted by Crippen LogP contribution is 2.38. The number of thiocarbonyl (C=S) groups is 1. The average Bonchev–Trinajstić information content (AvgIpc) is 3.04. The van der Waals surface area contributed by atoms with Crippen LogP contribution in [0, 0.1) is 0 Å². The highest BCUT2D eigenvalue weighted by atomic mass is 35.5. The molecule has 0 unspecified atom stereocenters. The third-order valence-electron chi connectivity index (χ3n) is 4.22. The number of aryl methyl sites for hydroxylation is 1. The summed E-state index contributed by atoms with van der Waals surface area (Å²) >= 11 is 12.5. The third kappa shape index (κ3) is 5.01. The molecule has 28 heavy (non-hydrogen) atoms. The Balaban J connectivity index is 1.61. The number of anilines is 1. The van der Waals surface area contributed by atoms with Crippen LogP contribution in [0.4, 0.5) is 5.00 Å². The minimum Gasteiger partial charge on any atom is -0.484 e. The van der Waals surface area contributed by atoms with Crippen molar-refractivity contribution in [3.8, 4) is 5.75 Å². The SMILES string of the molecule is COC(=O)c1c(NC(=S)NC(=O)COc2ccc(Cl)cc2)sc2c1CCCC2. The molecule has 2 N–H and O–H groups in total. The Morgan fingerprint density at radius 1 is 1.21 bits per heavy atom. The molecule has 3 rings (SSSR count). The maximum atomic E-state index is 12.2. The number of methoxy groups -OCH3 is 1. The lowest BCUT2D eigenvalue weighted by Gasteiger charge is -2.12. The minimum absolute atomic E-state index is 0.105. The predicted octanol–water partition coefficient (Wildman–Crippen LogP) is 3.96. The zero-order valence-corrected chi connectivity index (χ0v) is 17.6. The second-order valence-corrected chi connectivity index (χ2v) is 8.10. The topological polar surface area (TPSA) is 76.7 Å². The van der Waals surface area contributed by atoms with E-state index in [1.54, 1.807) is 24.3 Å². The molecule has 1 heterocycles. The van der Waals surface area contributed by atoms with Crippen LogP contribution in [0.15, 0.2) is 24.3 Å². The van der Waals surface area contributed by atoms with Crippen LogP contribution in [0.5, 0.6) is 5.75 Å². The number of carbonyl (C=O) groups is 2. The van der Waals surface area contributed by atoms with Crippen molar-refractivity contribution < 1.29 is 19.1 Å². The Labute approximate surface area is 177 Å². The van der Waals surface area contributed by atoms with Gasteiger partial charge in [-0.15, -0.1) is 11.3 Å². The van der Waals surface area contributed by atoms with Crippen molar-refractivity contribution in [3.05, 3.63) is 45.3 Å². The normalized spacial score (nSPS) is 12.6. The summed E-state index contributed by atoms with van der Waals surface area (Å²) in [4.78, 5) is 25.5. The molecule has 6 nitrogen and oxygen atoms in total. The summed E-state index contributed by atoms with van der Waals surface area (Å²) < 4.78 is 10.3. The molecule has 1 aromatic heterocycles. The first kappa shape index (κ1) is 20.6. The van der Waals surface area contributed by atoms with Gasteiger partial charge in [0.05, 0.1) is 12.7 Å². The van der Waals surface area contributed by atoms with Crippen LogP contribution in [0.2, 0.25) is 5.02 Å². The third-order valence-corrected chi connectivity index (χ3v) is 5.89. The molecule has 148 valence electrons. The van der Waals surface area contributed by atoms with E-state index in [-0.39, 0.29) is 11.7 Å². The highest BCUT2D eigenvalue weighted by Gasteiger charge is 2.26. The maximum absolute atomic E-state index is 12.2. The quantitative estimate of drug-likeness (QED) is 0.543. The van der Waals surface area contributed by atoms with Crippen molar-refractivity contribution in [2.24, 2.45) is 0 Å². The maximum Gasteiger partial charge on any atom is 0.341 e. The Hall–Kier alpha value is -2.16. The van der Waals surface area contributed by atoms with Gasteiger partial charge in [0.2, 0.25) is 0 Å². The van der Waals surface area contributed by atoms with Crippen molar-refractivity contribution in [2.45, 2.75) is 25.7 Å². The number of halogens is 1. The fourth-order valence-corrected chi connectivity index (χ4v) is 4.64. The van der Waals surface area contributed by atoms with Gasteiger partial charge >= 0.3 is 5.97 Å². The number of carbonyl (C=O) groups excluding carboxylic acids is 2. The van der Waals surface area contributed by atoms with Crippen molar-refractivity contribution in [1.82, 2.24) is 5.32 Å². The average molecular weight is 439 g/mol. The van der Waals surface area contributed by atoms with Crippen LogP contribution in [0.25, 0.3) is 0 Å². The second-order valence-electron chi connectivity index (χ2n) is 6.15. The van der Waals surface area contributed by atoms with Gasteiger partial charge in [-0.1, -0.05) is 11.6 Å². The summed E-state index contributed by atoms with van der Waals surface area (Å²) in [6.07, 6.45) is 3.90. The van der Waals surface area contributed by atoms with Crippen LogP contribution in [0.1, 0.15) is 33.6 Å². The second kappa shape index (κ2) is 9.36. The summed E-state index contributed by atoms with van der Waals surface area (Å²) in [6, 6.07) is 6.69. The molecular formula is C19H19ClN2O4S2. The molecule has 0 bridgehead atoms. The van der Waals surface area contributed by atoms with Crippen LogP contribution >= 0.6 is 35.2 Å². The molecule has 0 spiro atoms. The first-order valence-corrected chi connectivity index (χ1v) is 10.3. The Bertz CT molecular complexity index is 896. The van der Waals surface area contributed by atoms with Gasteiger partial charge in [0.25, 0.3) is 5.91 Å². The summed E-state index contributed by atoms with van der Waals surface area (Å²) in [6.45, 7) is -0.200. The van der Waals surface area contributed by atoms with Crippen molar-refractivity contribution >= 4 is 57.1 Å². The monoisotopic (exact) mass is 438 g/mol. The van der Waals surface area contributed by atoms with E-state index in [9.17, 15) is 9.59 Å². The number of nitrogens with one attached hydrogen (secondary N) is 2. The van der Waals surface area contributed by atoms with Gasteiger partial charge in [0.1, 0.15) is 10.8 Å². The number of hydrogen-bond donors (Lipinski definition) is 2. The zero-order valence-electron chi connectivity index (χ0n) is 15.2. The van der Waals surface area contributed by atoms with E-state index >= 15 is 0 Å². The van der Waals surface area contributed by atoms with Crippen LogP contribution in [0.3, 0.4) is 0 Å². The number of hydrogen-bond acceptors (Lipinski definition) is 6. The lowest BCUT2D eigenvalue weighted by Crippen LogP contribution is -2.37. The molecule has 9 heteroatoms. The Kier molecular flexibility index (Phi) is 6.88. The number of fused-ring (bicyclic) bond motifs is 1. The molecule has 0 saturated carbocycles. The van der Waals surface area contributed by atoms with E-state index in [0.29, 0.717) is 21.3 Å². The number of thiophene rings is 1. The number of rotatable bonds is 5. The standard InChI is InChI=1S/C19H19ClN2O4S2/c1-25-18(24)16-13-4-2-3-5-14(13)28-17(16)22-19(27)21-15(23)10-26-12-8-6-11(20)7-9-12/h6-9H,2-5,10H2,1H3,(H2,21,22,23,27). The molecule has 2 aromatic rings. The fourth-order valence-electron chi connectivity index (χ4n) is 2.95. The number of esters is 1. The van der Waals surface area contributed by atoms with Gasteiger partial charge in [0.15, 0.2) is 11.7 Å². The van der Waals surface area contributed by atoms with E-state index in [1.807, 2.05) is 0 Å². The molecular weight excluding hydrogens is 420 g/mol. The number of ether oxygens (including phenoxy) is 2. The van der Waals surface area contributed by atoms with Crippen molar-refractivity contribution in [2.75, 3.05) is 19.0 Å². The smallest absolute Gasteiger partial charge is 0.341 e. The van der Waals surface area contributed by atoms with E-state index in [2.05, 4.69) is 10.6 Å². The summed E-state index contributed by atoms with van der Waals surface area (Å²) in [5.41, 5.74) is 1.53. The molecule has 0 fully saturated rings. The highest BCUT2D eigenvalue weighted by molar-refractivity contribution is 7.80. The van der Waals surface area contributed by atoms with Crippen LogP contribution in [-0.2, 0) is 22.4 Å². The van der Waals surface area contributed by atoms with Gasteiger partial charge in [-0.2, -0.15) is 0 Å². The van der Waals surface area contributed by atoms with E-state index in [0.717, 1.165) is 36.1 Å². The van der Waals surface area contributed by atoms with Gasteiger partial charge in [0, 0.05) is 9.90 Å². The van der Waals surface area contributed by atoms with Gasteiger partial charge in [-0.05, 0) is 67.7 Å². The first-order chi connectivity index (χ1) is 13.5. The lowest BCUT2D eigenvalue weighted by molar-refractivity contribution is -0.121. The van der Waals surface area contributed by atoms with Gasteiger partial charge in [-0.3, -0.25) is 10.1 Å². The fraction of sp³-hybridized carbons (Fsp3) is 0.316. The van der Waals surface area contributed by atoms with Gasteiger partial charge < -0.3 is 14.8 Å². The first-order valence-electron chi connectivity index (χ1n) is 8.70. The molecule has 1 amide bonds. The molecule has 0 aliphatic heterocycles. The minimum atomic E-state index is -0.409. The molecule has 1 aromatic carbocycles. The molecule has 0 saturated heterocycles.